The molecule has 0 saturated carbocycles. The second-order valence-electron chi connectivity index (χ2n) is 5.42. The summed E-state index contributed by atoms with van der Waals surface area (Å²) in [5.74, 6) is -0.0627. The third-order valence-corrected chi connectivity index (χ3v) is 3.70. The molecule has 0 unspecified atom stereocenters. The van der Waals surface area contributed by atoms with Gasteiger partial charge >= 0.3 is 5.97 Å². The van der Waals surface area contributed by atoms with Crippen LogP contribution in [-0.4, -0.2) is 29.5 Å². The van der Waals surface area contributed by atoms with Crippen molar-refractivity contribution in [2.45, 2.75) is 0 Å². The molecule has 0 aliphatic carbocycles. The number of rotatable bonds is 6. The fourth-order valence-corrected chi connectivity index (χ4v) is 2.24. The van der Waals surface area contributed by atoms with E-state index >= 15 is 0 Å². The zero-order valence-electron chi connectivity index (χ0n) is 14.6. The minimum Gasteiger partial charge on any atom is -0.493 e. The van der Waals surface area contributed by atoms with Crippen LogP contribution in [-0.2, 0) is 0 Å². The highest BCUT2D eigenvalue weighted by atomic mass is 35.5. The number of carbonyl (C=O) groups excluding carboxylic acids is 1. The Morgan fingerprint density at radius 2 is 1.89 bits per heavy atom. The molecule has 0 atom stereocenters. The van der Waals surface area contributed by atoms with Crippen molar-refractivity contribution in [2.24, 2.45) is 5.10 Å². The van der Waals surface area contributed by atoms with Gasteiger partial charge in [0.25, 0.3) is 0 Å². The number of halogens is 2. The lowest BCUT2D eigenvalue weighted by Crippen LogP contribution is -2.09. The highest BCUT2D eigenvalue weighted by Gasteiger charge is 2.13. The van der Waals surface area contributed by atoms with Crippen molar-refractivity contribution >= 4 is 29.6 Å². The van der Waals surface area contributed by atoms with Gasteiger partial charge in [-0.15, -0.1) is 10.2 Å². The average molecular weight is 401 g/mol. The first-order chi connectivity index (χ1) is 13.5. The first-order valence-electron chi connectivity index (χ1n) is 7.99. The van der Waals surface area contributed by atoms with E-state index in [-0.39, 0.29) is 16.5 Å². The van der Waals surface area contributed by atoms with Gasteiger partial charge in [0.15, 0.2) is 22.5 Å². The monoisotopic (exact) mass is 400 g/mol. The fraction of sp³-hybridized carbons (Fsp3) is 0.0526. The van der Waals surface area contributed by atoms with E-state index in [1.54, 1.807) is 30.3 Å². The Morgan fingerprint density at radius 3 is 2.57 bits per heavy atom. The molecule has 1 N–H and O–H groups in total. The number of carbonyl (C=O) groups is 1. The van der Waals surface area contributed by atoms with Gasteiger partial charge in [0, 0.05) is 0 Å². The number of methoxy groups -OCH3 is 1. The van der Waals surface area contributed by atoms with E-state index in [1.807, 2.05) is 0 Å². The van der Waals surface area contributed by atoms with E-state index in [0.717, 1.165) is 0 Å². The van der Waals surface area contributed by atoms with Crippen LogP contribution in [0.1, 0.15) is 15.9 Å². The molecule has 142 valence electrons. The highest BCUT2D eigenvalue weighted by Crippen LogP contribution is 2.28. The van der Waals surface area contributed by atoms with Crippen molar-refractivity contribution in [2.75, 3.05) is 12.5 Å². The standard InChI is InChI=1S/C19H14ClFN4O3/c1-27-16-10-12(11-22-24-18-9-8-17(20)23-25-18)2-7-15(16)28-19(26)13-3-5-14(21)6-4-13/h2-11H,1H3,(H,24,25)/b22-11+. The Labute approximate surface area is 164 Å². The molecule has 3 aromatic rings. The Kier molecular flexibility index (Phi) is 6.13. The molecule has 2 aromatic carbocycles. The SMILES string of the molecule is COc1cc(/C=N/Nc2ccc(Cl)nn2)ccc1OC(=O)c1ccc(F)cc1. The molecule has 0 bridgehead atoms. The lowest BCUT2D eigenvalue weighted by Gasteiger charge is -2.10. The maximum Gasteiger partial charge on any atom is 0.343 e. The summed E-state index contributed by atoms with van der Waals surface area (Å²) in [7, 11) is 1.45. The molecule has 0 aliphatic rings. The molecule has 0 radical (unpaired) electrons. The predicted molar refractivity (Wildman–Crippen MR) is 103 cm³/mol. The Hall–Kier alpha value is -3.52. The van der Waals surface area contributed by atoms with E-state index in [4.69, 9.17) is 21.1 Å². The molecule has 7 nitrogen and oxygen atoms in total. The molecule has 1 heterocycles. The smallest absolute Gasteiger partial charge is 0.343 e. The van der Waals surface area contributed by atoms with E-state index in [2.05, 4.69) is 20.7 Å². The minimum absolute atomic E-state index is 0.224. The number of nitrogens with zero attached hydrogens (tertiary/aromatic N) is 3. The molecule has 0 aliphatic heterocycles. The van der Waals surface area contributed by atoms with Crippen LogP contribution in [0.5, 0.6) is 11.5 Å². The van der Waals surface area contributed by atoms with Crippen molar-refractivity contribution in [3.05, 3.63) is 76.7 Å². The molecular weight excluding hydrogens is 387 g/mol. The lowest BCUT2D eigenvalue weighted by atomic mass is 10.2. The van der Waals surface area contributed by atoms with Crippen molar-refractivity contribution < 1.29 is 18.7 Å². The maximum absolute atomic E-state index is 13.0. The summed E-state index contributed by atoms with van der Waals surface area (Å²) >= 11 is 5.67. The number of hydrogen-bond donors (Lipinski definition) is 1. The van der Waals surface area contributed by atoms with E-state index in [0.29, 0.717) is 17.1 Å². The summed E-state index contributed by atoms with van der Waals surface area (Å²) in [5, 5.41) is 11.8. The summed E-state index contributed by atoms with van der Waals surface area (Å²) in [6, 6.07) is 13.2. The Bertz CT molecular complexity index is 995. The van der Waals surface area contributed by atoms with Crippen molar-refractivity contribution in [1.82, 2.24) is 10.2 Å². The Balaban J connectivity index is 1.69. The third kappa shape index (κ3) is 5.01. The van der Waals surface area contributed by atoms with Crippen molar-refractivity contribution in [3.8, 4) is 11.5 Å². The van der Waals surface area contributed by atoms with E-state index in [1.165, 1.54) is 37.6 Å². The summed E-state index contributed by atoms with van der Waals surface area (Å²) in [6.07, 6.45) is 1.53. The topological polar surface area (TPSA) is 85.7 Å². The zero-order chi connectivity index (χ0) is 19.9. The van der Waals surface area contributed by atoms with Gasteiger partial charge in [-0.25, -0.2) is 9.18 Å². The molecule has 0 saturated heterocycles. The van der Waals surface area contributed by atoms with Crippen LogP contribution in [0, 0.1) is 5.82 Å². The third-order valence-electron chi connectivity index (χ3n) is 3.49. The number of hydrazone groups is 1. The van der Waals surface area contributed by atoms with Crippen molar-refractivity contribution in [1.29, 1.82) is 0 Å². The first-order valence-corrected chi connectivity index (χ1v) is 8.37. The number of nitrogens with one attached hydrogen (secondary N) is 1. The minimum atomic E-state index is -0.623. The number of hydrogen-bond acceptors (Lipinski definition) is 7. The summed E-state index contributed by atoms with van der Waals surface area (Å²) in [5.41, 5.74) is 3.62. The summed E-state index contributed by atoms with van der Waals surface area (Å²) < 4.78 is 23.6. The second-order valence-corrected chi connectivity index (χ2v) is 5.81. The molecule has 3 rings (SSSR count). The number of benzene rings is 2. The summed E-state index contributed by atoms with van der Waals surface area (Å²) in [6.45, 7) is 0. The normalized spacial score (nSPS) is 10.7. The molecule has 1 aromatic heterocycles. The van der Waals surface area contributed by atoms with Gasteiger partial charge < -0.3 is 9.47 Å². The molecule has 0 fully saturated rings. The second kappa shape index (κ2) is 8.92. The number of ether oxygens (including phenoxy) is 2. The van der Waals surface area contributed by atoms with Gasteiger partial charge in [-0.05, 0) is 60.2 Å². The van der Waals surface area contributed by atoms with Crippen LogP contribution in [0.4, 0.5) is 10.2 Å². The molecule has 0 spiro atoms. The van der Waals surface area contributed by atoms with Gasteiger partial charge in [-0.1, -0.05) is 11.6 Å². The summed E-state index contributed by atoms with van der Waals surface area (Å²) in [4.78, 5) is 12.2. The van der Waals surface area contributed by atoms with Crippen LogP contribution in [0.3, 0.4) is 0 Å². The largest absolute Gasteiger partial charge is 0.493 e. The van der Waals surface area contributed by atoms with Gasteiger partial charge in [0.05, 0.1) is 18.9 Å². The van der Waals surface area contributed by atoms with Crippen LogP contribution in [0.25, 0.3) is 0 Å². The molecular formula is C19H14ClFN4O3. The Morgan fingerprint density at radius 1 is 1.11 bits per heavy atom. The lowest BCUT2D eigenvalue weighted by molar-refractivity contribution is 0.0729. The van der Waals surface area contributed by atoms with Crippen LogP contribution >= 0.6 is 11.6 Å². The quantitative estimate of drug-likeness (QED) is 0.292. The maximum atomic E-state index is 13.0. The van der Waals surface area contributed by atoms with Gasteiger partial charge in [0.1, 0.15) is 5.82 Å². The van der Waals surface area contributed by atoms with Crippen LogP contribution < -0.4 is 14.9 Å². The first kappa shape index (κ1) is 19.2. The number of aromatic nitrogens is 2. The van der Waals surface area contributed by atoms with Gasteiger partial charge in [0.2, 0.25) is 0 Å². The average Bonchev–Trinajstić information content (AvgIpc) is 2.71. The predicted octanol–water partition coefficient (Wildman–Crippen LogP) is 3.94. The fourth-order valence-electron chi connectivity index (χ4n) is 2.14. The van der Waals surface area contributed by atoms with Crippen LogP contribution in [0.15, 0.2) is 59.7 Å². The molecule has 9 heteroatoms. The van der Waals surface area contributed by atoms with Gasteiger partial charge in [-0.3, -0.25) is 5.43 Å². The highest BCUT2D eigenvalue weighted by molar-refractivity contribution is 6.29. The molecule has 0 amide bonds. The van der Waals surface area contributed by atoms with Crippen LogP contribution in [0.2, 0.25) is 5.15 Å². The van der Waals surface area contributed by atoms with Crippen molar-refractivity contribution in [3.63, 3.8) is 0 Å². The molecule has 28 heavy (non-hydrogen) atoms. The zero-order valence-corrected chi connectivity index (χ0v) is 15.4. The van der Waals surface area contributed by atoms with E-state index in [9.17, 15) is 9.18 Å². The number of anilines is 1. The number of esters is 1. The van der Waals surface area contributed by atoms with Gasteiger partial charge in [-0.2, -0.15) is 5.10 Å². The van der Waals surface area contributed by atoms with E-state index < -0.39 is 11.8 Å².